The van der Waals surface area contributed by atoms with E-state index in [2.05, 4.69) is 21.1 Å². The molecule has 0 aliphatic heterocycles. The first-order valence-corrected chi connectivity index (χ1v) is 8.60. The molecule has 5 heteroatoms. The minimum absolute atomic E-state index is 0.328. The van der Waals surface area contributed by atoms with Crippen molar-refractivity contribution >= 4 is 5.97 Å². The number of imidazole rings is 1. The molecule has 2 N–H and O–H groups in total. The van der Waals surface area contributed by atoms with Crippen LogP contribution in [0.5, 0.6) is 0 Å². The second-order valence-corrected chi connectivity index (χ2v) is 6.44. The van der Waals surface area contributed by atoms with Crippen LogP contribution < -0.4 is 5.32 Å². The summed E-state index contributed by atoms with van der Waals surface area (Å²) in [5, 5.41) is 12.4. The lowest BCUT2D eigenvalue weighted by Gasteiger charge is -2.15. The fraction of sp³-hybridized carbons (Fsp3) is 0.765. The summed E-state index contributed by atoms with van der Waals surface area (Å²) in [4.78, 5) is 15.9. The SMILES string of the molecule is CNCCCC(Cc1cn(C2CCCCCC2)cn1)C(=O)O. The van der Waals surface area contributed by atoms with E-state index in [1.807, 2.05) is 13.4 Å². The third-order valence-electron chi connectivity index (χ3n) is 4.69. The predicted molar refractivity (Wildman–Crippen MR) is 87.0 cm³/mol. The highest BCUT2D eigenvalue weighted by Gasteiger charge is 2.20. The van der Waals surface area contributed by atoms with Gasteiger partial charge in [0, 0.05) is 18.7 Å². The standard InChI is InChI=1S/C17H29N3O2/c1-18-10-6-7-14(17(21)22)11-15-12-20(13-19-15)16-8-4-2-3-5-9-16/h12-14,16,18H,2-11H2,1H3,(H,21,22). The van der Waals surface area contributed by atoms with Crippen molar-refractivity contribution in [3.05, 3.63) is 18.2 Å². The van der Waals surface area contributed by atoms with Crippen molar-refractivity contribution in [1.29, 1.82) is 0 Å². The van der Waals surface area contributed by atoms with Crippen LogP contribution in [-0.4, -0.2) is 34.2 Å². The summed E-state index contributed by atoms with van der Waals surface area (Å²) in [7, 11) is 1.89. The van der Waals surface area contributed by atoms with Crippen LogP contribution in [-0.2, 0) is 11.2 Å². The van der Waals surface area contributed by atoms with Gasteiger partial charge in [0.25, 0.3) is 0 Å². The van der Waals surface area contributed by atoms with Crippen molar-refractivity contribution in [2.45, 2.75) is 63.8 Å². The van der Waals surface area contributed by atoms with Gasteiger partial charge in [0.15, 0.2) is 0 Å². The molecular formula is C17H29N3O2. The molecule has 1 aliphatic carbocycles. The maximum atomic E-state index is 11.4. The highest BCUT2D eigenvalue weighted by molar-refractivity contribution is 5.70. The number of hydrogen-bond acceptors (Lipinski definition) is 3. The summed E-state index contributed by atoms with van der Waals surface area (Å²) < 4.78 is 2.22. The minimum atomic E-state index is -0.708. The molecule has 1 saturated carbocycles. The molecule has 2 rings (SSSR count). The lowest BCUT2D eigenvalue weighted by atomic mass is 9.98. The number of rotatable bonds is 8. The first-order valence-electron chi connectivity index (χ1n) is 8.60. The summed E-state index contributed by atoms with van der Waals surface area (Å²) in [6.07, 6.45) is 13.8. The van der Waals surface area contributed by atoms with Gasteiger partial charge >= 0.3 is 5.97 Å². The van der Waals surface area contributed by atoms with Gasteiger partial charge in [-0.1, -0.05) is 25.7 Å². The molecule has 22 heavy (non-hydrogen) atoms. The predicted octanol–water partition coefficient (Wildman–Crippen LogP) is 3.02. The molecule has 1 atom stereocenters. The molecule has 0 bridgehead atoms. The molecule has 1 aromatic heterocycles. The Kier molecular flexibility index (Phi) is 6.90. The fourth-order valence-electron chi connectivity index (χ4n) is 3.33. The zero-order valence-electron chi connectivity index (χ0n) is 13.6. The van der Waals surface area contributed by atoms with Gasteiger partial charge in [-0.05, 0) is 39.3 Å². The van der Waals surface area contributed by atoms with Crippen LogP contribution in [0.1, 0.15) is 63.1 Å². The normalized spacial score (nSPS) is 18.0. The monoisotopic (exact) mass is 307 g/mol. The number of nitrogens with one attached hydrogen (secondary N) is 1. The first kappa shape index (κ1) is 17.0. The third kappa shape index (κ3) is 5.13. The molecule has 1 aliphatic rings. The maximum absolute atomic E-state index is 11.4. The Morgan fingerprint density at radius 1 is 1.41 bits per heavy atom. The molecule has 1 aromatic rings. The van der Waals surface area contributed by atoms with Gasteiger partial charge in [0.05, 0.1) is 17.9 Å². The first-order chi connectivity index (χ1) is 10.7. The Morgan fingerprint density at radius 2 is 2.14 bits per heavy atom. The molecule has 0 spiro atoms. The molecule has 1 heterocycles. The average Bonchev–Trinajstić information content (AvgIpc) is 2.79. The van der Waals surface area contributed by atoms with Crippen LogP contribution in [0.3, 0.4) is 0 Å². The van der Waals surface area contributed by atoms with Gasteiger partial charge < -0.3 is 15.0 Å². The van der Waals surface area contributed by atoms with Crippen molar-refractivity contribution in [2.75, 3.05) is 13.6 Å². The van der Waals surface area contributed by atoms with Crippen LogP contribution in [0.4, 0.5) is 0 Å². The van der Waals surface area contributed by atoms with E-state index in [0.717, 1.165) is 18.7 Å². The van der Waals surface area contributed by atoms with Gasteiger partial charge in [-0.3, -0.25) is 4.79 Å². The summed E-state index contributed by atoms with van der Waals surface area (Å²) in [6.45, 7) is 0.861. The van der Waals surface area contributed by atoms with E-state index in [-0.39, 0.29) is 5.92 Å². The summed E-state index contributed by atoms with van der Waals surface area (Å²) in [6, 6.07) is 0.552. The van der Waals surface area contributed by atoms with E-state index in [4.69, 9.17) is 0 Å². The Bertz CT molecular complexity index is 451. The molecule has 1 fully saturated rings. The summed E-state index contributed by atoms with van der Waals surface area (Å²) in [5.74, 6) is -1.04. The number of aromatic nitrogens is 2. The Balaban J connectivity index is 1.92. The van der Waals surface area contributed by atoms with Crippen molar-refractivity contribution < 1.29 is 9.90 Å². The lowest BCUT2D eigenvalue weighted by molar-refractivity contribution is -0.142. The number of aliphatic carboxylic acids is 1. The Morgan fingerprint density at radius 3 is 2.77 bits per heavy atom. The van der Waals surface area contributed by atoms with Gasteiger partial charge in [-0.15, -0.1) is 0 Å². The van der Waals surface area contributed by atoms with Crippen molar-refractivity contribution in [3.8, 4) is 0 Å². The highest BCUT2D eigenvalue weighted by atomic mass is 16.4. The van der Waals surface area contributed by atoms with Gasteiger partial charge in [-0.25, -0.2) is 4.98 Å². The van der Waals surface area contributed by atoms with Crippen LogP contribution in [0.15, 0.2) is 12.5 Å². The molecule has 0 aromatic carbocycles. The van der Waals surface area contributed by atoms with E-state index in [9.17, 15) is 9.90 Å². The van der Waals surface area contributed by atoms with Crippen molar-refractivity contribution in [1.82, 2.24) is 14.9 Å². The molecular weight excluding hydrogens is 278 g/mol. The maximum Gasteiger partial charge on any atom is 0.306 e. The van der Waals surface area contributed by atoms with E-state index in [0.29, 0.717) is 18.9 Å². The van der Waals surface area contributed by atoms with Crippen molar-refractivity contribution in [2.24, 2.45) is 5.92 Å². The zero-order valence-corrected chi connectivity index (χ0v) is 13.6. The second-order valence-electron chi connectivity index (χ2n) is 6.44. The summed E-state index contributed by atoms with van der Waals surface area (Å²) >= 11 is 0. The highest BCUT2D eigenvalue weighted by Crippen LogP contribution is 2.27. The smallest absolute Gasteiger partial charge is 0.306 e. The van der Waals surface area contributed by atoms with Crippen LogP contribution in [0.2, 0.25) is 0 Å². The lowest BCUT2D eigenvalue weighted by Crippen LogP contribution is -2.19. The van der Waals surface area contributed by atoms with E-state index in [1.54, 1.807) is 0 Å². The minimum Gasteiger partial charge on any atom is -0.481 e. The average molecular weight is 307 g/mol. The number of carbonyl (C=O) groups is 1. The molecule has 0 radical (unpaired) electrons. The van der Waals surface area contributed by atoms with E-state index < -0.39 is 5.97 Å². The molecule has 0 saturated heterocycles. The Hall–Kier alpha value is -1.36. The van der Waals surface area contributed by atoms with Crippen LogP contribution >= 0.6 is 0 Å². The third-order valence-corrected chi connectivity index (χ3v) is 4.69. The number of carboxylic acid groups (broad SMARTS) is 1. The van der Waals surface area contributed by atoms with Crippen LogP contribution in [0, 0.1) is 5.92 Å². The number of nitrogens with zero attached hydrogens (tertiary/aromatic N) is 2. The number of carboxylic acids is 1. The Labute approximate surface area is 133 Å². The zero-order chi connectivity index (χ0) is 15.8. The molecule has 5 nitrogen and oxygen atoms in total. The second kappa shape index (κ2) is 8.93. The topological polar surface area (TPSA) is 67.2 Å². The van der Waals surface area contributed by atoms with Crippen molar-refractivity contribution in [3.63, 3.8) is 0 Å². The van der Waals surface area contributed by atoms with E-state index in [1.165, 1.54) is 38.5 Å². The van der Waals surface area contributed by atoms with Crippen LogP contribution in [0.25, 0.3) is 0 Å². The molecule has 0 amide bonds. The number of hydrogen-bond donors (Lipinski definition) is 2. The quantitative estimate of drug-likeness (QED) is 0.572. The molecule has 1 unspecified atom stereocenters. The van der Waals surface area contributed by atoms with Gasteiger partial charge in [0.2, 0.25) is 0 Å². The van der Waals surface area contributed by atoms with Gasteiger partial charge in [0.1, 0.15) is 0 Å². The van der Waals surface area contributed by atoms with E-state index >= 15 is 0 Å². The molecule has 124 valence electrons. The largest absolute Gasteiger partial charge is 0.481 e. The van der Waals surface area contributed by atoms with Gasteiger partial charge in [-0.2, -0.15) is 0 Å². The fourth-order valence-corrected chi connectivity index (χ4v) is 3.33. The summed E-state index contributed by atoms with van der Waals surface area (Å²) in [5.41, 5.74) is 0.918.